The minimum Gasteiger partial charge on any atom is -0.464 e. The van der Waals surface area contributed by atoms with Gasteiger partial charge >= 0.3 is 13.1 Å². The molecule has 23 heavy (non-hydrogen) atoms. The van der Waals surface area contributed by atoms with Crippen molar-refractivity contribution in [2.75, 3.05) is 13.7 Å². The van der Waals surface area contributed by atoms with Gasteiger partial charge in [-0.3, -0.25) is 4.68 Å². The summed E-state index contributed by atoms with van der Waals surface area (Å²) in [5.41, 5.74) is 0.341. The first kappa shape index (κ1) is 17.7. The van der Waals surface area contributed by atoms with Crippen LogP contribution in [0.4, 0.5) is 0 Å². The van der Waals surface area contributed by atoms with E-state index in [1.54, 1.807) is 13.1 Å². The number of aliphatic hydroxyl groups is 1. The summed E-state index contributed by atoms with van der Waals surface area (Å²) in [6.45, 7) is 7.49. The highest BCUT2D eigenvalue weighted by molar-refractivity contribution is 6.55. The van der Waals surface area contributed by atoms with Crippen molar-refractivity contribution in [3.63, 3.8) is 0 Å². The van der Waals surface area contributed by atoms with E-state index in [0.29, 0.717) is 16.7 Å². The number of aryl methyl sites for hydroxylation is 1. The molecule has 1 aliphatic heterocycles. The van der Waals surface area contributed by atoms with Crippen molar-refractivity contribution in [2.45, 2.75) is 38.9 Å². The molecule has 8 heteroatoms. The largest absolute Gasteiger partial charge is 0.492 e. The number of aromatic nitrogens is 2. The second kappa shape index (κ2) is 6.11. The zero-order valence-electron chi connectivity index (χ0n) is 14.4. The lowest BCUT2D eigenvalue weighted by atomic mass is 9.77. The molecule has 1 fully saturated rings. The summed E-state index contributed by atoms with van der Waals surface area (Å²) in [7, 11) is 2.27. The lowest BCUT2D eigenvalue weighted by Gasteiger charge is -2.32. The average molecular weight is 322 g/mol. The van der Waals surface area contributed by atoms with Crippen molar-refractivity contribution in [3.8, 4) is 0 Å². The quantitative estimate of drug-likeness (QED) is 0.663. The highest BCUT2D eigenvalue weighted by Crippen LogP contribution is 2.38. The topological polar surface area (TPSA) is 82.8 Å². The van der Waals surface area contributed by atoms with Crippen LogP contribution in [-0.4, -0.2) is 52.9 Å². The average Bonchev–Trinajstić information content (AvgIpc) is 2.92. The van der Waals surface area contributed by atoms with Crippen molar-refractivity contribution in [1.29, 1.82) is 0 Å². The van der Waals surface area contributed by atoms with Gasteiger partial charge < -0.3 is 19.2 Å². The molecule has 0 spiro atoms. The minimum atomic E-state index is -0.685. The van der Waals surface area contributed by atoms with Crippen LogP contribution in [-0.2, 0) is 21.1 Å². The van der Waals surface area contributed by atoms with Gasteiger partial charge in [0, 0.05) is 12.6 Å². The van der Waals surface area contributed by atoms with E-state index in [2.05, 4.69) is 5.10 Å². The number of rotatable bonds is 4. The molecule has 1 aromatic heterocycles. The van der Waals surface area contributed by atoms with Crippen LogP contribution in [0.5, 0.6) is 0 Å². The van der Waals surface area contributed by atoms with Gasteiger partial charge in [0.15, 0.2) is 5.69 Å². The number of carbonyl (C=O) groups excluding carboxylic acids is 1. The van der Waals surface area contributed by atoms with E-state index < -0.39 is 24.3 Å². The Kier molecular flexibility index (Phi) is 4.70. The molecule has 0 saturated carbocycles. The molecule has 0 radical (unpaired) electrons. The summed E-state index contributed by atoms with van der Waals surface area (Å²) in [4.78, 5) is 11.9. The van der Waals surface area contributed by atoms with Crippen LogP contribution in [0.2, 0.25) is 0 Å². The second-order valence-electron chi connectivity index (χ2n) is 6.53. The summed E-state index contributed by atoms with van der Waals surface area (Å²) in [5.74, 6) is -0.498. The van der Waals surface area contributed by atoms with Crippen LogP contribution in [0.1, 0.15) is 43.7 Å². The van der Waals surface area contributed by atoms with Gasteiger partial charge in [-0.2, -0.15) is 5.10 Å². The predicted molar refractivity (Wildman–Crippen MR) is 85.7 cm³/mol. The highest BCUT2D eigenvalue weighted by Gasteiger charge is 2.52. The number of hydrogen-bond donors (Lipinski definition) is 1. The van der Waals surface area contributed by atoms with Gasteiger partial charge in [0.1, 0.15) is 0 Å². The molecule has 1 saturated heterocycles. The van der Waals surface area contributed by atoms with E-state index in [1.165, 1.54) is 18.0 Å². The second-order valence-corrected chi connectivity index (χ2v) is 6.53. The van der Waals surface area contributed by atoms with Gasteiger partial charge in [-0.25, -0.2) is 4.79 Å². The normalized spacial score (nSPS) is 20.0. The van der Waals surface area contributed by atoms with Crippen LogP contribution in [0.25, 0.3) is 6.08 Å². The van der Waals surface area contributed by atoms with Gasteiger partial charge in [-0.05, 0) is 33.2 Å². The summed E-state index contributed by atoms with van der Waals surface area (Å²) < 4.78 is 18.1. The highest BCUT2D eigenvalue weighted by atomic mass is 16.7. The van der Waals surface area contributed by atoms with Gasteiger partial charge in [-0.1, -0.05) is 6.08 Å². The third-order valence-electron chi connectivity index (χ3n) is 4.43. The van der Waals surface area contributed by atoms with Crippen molar-refractivity contribution in [2.24, 2.45) is 7.05 Å². The molecule has 126 valence electrons. The Morgan fingerprint density at radius 3 is 2.43 bits per heavy atom. The molecule has 2 heterocycles. The molecule has 0 amide bonds. The smallest absolute Gasteiger partial charge is 0.464 e. The van der Waals surface area contributed by atoms with Gasteiger partial charge in [0.05, 0.1) is 31.1 Å². The first-order chi connectivity index (χ1) is 10.6. The van der Waals surface area contributed by atoms with E-state index >= 15 is 0 Å². The van der Waals surface area contributed by atoms with E-state index in [-0.39, 0.29) is 6.61 Å². The van der Waals surface area contributed by atoms with Crippen molar-refractivity contribution < 1.29 is 23.9 Å². The number of aliphatic hydroxyl groups excluding tert-OH is 1. The number of carbonyl (C=O) groups is 1. The van der Waals surface area contributed by atoms with Crippen molar-refractivity contribution >= 4 is 19.2 Å². The standard InChI is InChI=1S/C15H23BN2O5/c1-14(2)15(3,4)23-16(22-14)11(9-19)7-10-8-17-18(5)12(10)13(20)21-6/h7-8,19H,9H2,1-6H3. The number of hydrogen-bond acceptors (Lipinski definition) is 6. The van der Waals surface area contributed by atoms with Crippen LogP contribution >= 0.6 is 0 Å². The van der Waals surface area contributed by atoms with Crippen LogP contribution in [0.15, 0.2) is 11.7 Å². The van der Waals surface area contributed by atoms with E-state index in [9.17, 15) is 9.90 Å². The molecule has 0 unspecified atom stereocenters. The Morgan fingerprint density at radius 1 is 1.39 bits per heavy atom. The molecule has 0 aliphatic carbocycles. The van der Waals surface area contributed by atoms with Crippen LogP contribution in [0, 0.1) is 0 Å². The molecule has 1 N–H and O–H groups in total. The Hall–Kier alpha value is -1.64. The molecular formula is C15H23BN2O5. The van der Waals surface area contributed by atoms with Crippen molar-refractivity contribution in [1.82, 2.24) is 9.78 Å². The Bertz CT molecular complexity index is 620. The molecule has 0 bridgehead atoms. The summed E-state index contributed by atoms with van der Waals surface area (Å²) in [5, 5.41) is 13.8. The maximum atomic E-state index is 11.9. The first-order valence-electron chi connectivity index (χ1n) is 7.40. The predicted octanol–water partition coefficient (Wildman–Crippen LogP) is 1.21. The molecule has 1 aromatic rings. The third kappa shape index (κ3) is 3.20. The maximum Gasteiger partial charge on any atom is 0.492 e. The monoisotopic (exact) mass is 322 g/mol. The fourth-order valence-corrected chi connectivity index (χ4v) is 2.29. The molecular weight excluding hydrogens is 299 g/mol. The molecule has 1 aliphatic rings. The zero-order chi connectivity index (χ0) is 17.4. The molecule has 0 aromatic carbocycles. The lowest BCUT2D eigenvalue weighted by Crippen LogP contribution is -2.41. The Morgan fingerprint density at radius 2 is 1.96 bits per heavy atom. The minimum absolute atomic E-state index is 0.258. The molecule has 2 rings (SSSR count). The molecule has 0 atom stereocenters. The molecule has 7 nitrogen and oxygen atoms in total. The fraction of sp³-hybridized carbons (Fsp3) is 0.600. The fourth-order valence-electron chi connectivity index (χ4n) is 2.29. The van der Waals surface area contributed by atoms with Gasteiger partial charge in [0.2, 0.25) is 0 Å². The van der Waals surface area contributed by atoms with Crippen LogP contribution < -0.4 is 0 Å². The van der Waals surface area contributed by atoms with Crippen LogP contribution in [0.3, 0.4) is 0 Å². The SMILES string of the molecule is COC(=O)c1c(C=C(CO)B2OC(C)(C)C(C)(C)O2)cnn1C. The Labute approximate surface area is 136 Å². The Balaban J connectivity index is 2.37. The number of nitrogens with zero attached hydrogens (tertiary/aromatic N) is 2. The summed E-state index contributed by atoms with van der Waals surface area (Å²) >= 11 is 0. The van der Waals surface area contributed by atoms with E-state index in [4.69, 9.17) is 14.0 Å². The number of esters is 1. The maximum absolute atomic E-state index is 11.9. The third-order valence-corrected chi connectivity index (χ3v) is 4.43. The lowest BCUT2D eigenvalue weighted by molar-refractivity contribution is 0.00578. The number of methoxy groups -OCH3 is 1. The van der Waals surface area contributed by atoms with Gasteiger partial charge in [0.25, 0.3) is 0 Å². The van der Waals surface area contributed by atoms with Crippen molar-refractivity contribution in [3.05, 3.63) is 22.9 Å². The van der Waals surface area contributed by atoms with Gasteiger partial charge in [-0.15, -0.1) is 0 Å². The number of ether oxygens (including phenoxy) is 1. The van der Waals surface area contributed by atoms with E-state index in [0.717, 1.165) is 0 Å². The zero-order valence-corrected chi connectivity index (χ0v) is 14.4. The summed E-state index contributed by atoms with van der Waals surface area (Å²) in [6, 6.07) is 0. The summed E-state index contributed by atoms with van der Waals surface area (Å²) in [6.07, 6.45) is 3.19. The van der Waals surface area contributed by atoms with E-state index in [1.807, 2.05) is 27.7 Å². The first-order valence-corrected chi connectivity index (χ1v) is 7.40.